The van der Waals surface area contributed by atoms with Crippen LogP contribution in [0.3, 0.4) is 0 Å². The van der Waals surface area contributed by atoms with Crippen molar-refractivity contribution in [2.75, 3.05) is 0 Å². The number of rotatable bonds is 2. The minimum absolute atomic E-state index is 0.0770. The second-order valence-corrected chi connectivity index (χ2v) is 17.5. The Hall–Kier alpha value is -7.22. The molecule has 4 aliphatic carbocycles. The van der Waals surface area contributed by atoms with Crippen LogP contribution in [0.5, 0.6) is 0 Å². The molecular weight excluding hydrogens is 711 g/mol. The fourth-order valence-electron chi connectivity index (χ4n) is 12.2. The maximum Gasteiger partial charge on any atom is 0.0726 e. The number of hydrogen-bond acceptors (Lipinski definition) is 0. The molecule has 1 heteroatoms. The maximum atomic E-state index is 2.50. The average molecular weight is 748 g/mol. The fraction of sp³-hybridized carbons (Fsp3) is 0.0690. The van der Waals surface area contributed by atoms with E-state index in [2.05, 4.69) is 206 Å². The Kier molecular flexibility index (Phi) is 5.84. The average Bonchev–Trinajstić information content (AvgIpc) is 4.04. The van der Waals surface area contributed by atoms with Gasteiger partial charge in [-0.05, 0) is 136 Å². The lowest BCUT2D eigenvalue weighted by atomic mass is 9.70. The first kappa shape index (κ1) is 31.8. The third-order valence-electron chi connectivity index (χ3n) is 14.5. The highest BCUT2D eigenvalue weighted by Crippen LogP contribution is 2.63. The molecule has 274 valence electrons. The van der Waals surface area contributed by atoms with E-state index in [-0.39, 0.29) is 10.8 Å². The number of aromatic nitrogens is 1. The Balaban J connectivity index is 0.962. The summed E-state index contributed by atoms with van der Waals surface area (Å²) in [5.74, 6) is 0. The van der Waals surface area contributed by atoms with Crippen LogP contribution in [-0.4, -0.2) is 4.57 Å². The number of hydrogen-bond donors (Lipinski definition) is 0. The molecule has 9 aromatic carbocycles. The second kappa shape index (κ2) is 10.8. The summed E-state index contributed by atoms with van der Waals surface area (Å²) < 4.78 is 2.50. The summed E-state index contributed by atoms with van der Waals surface area (Å²) in [7, 11) is 0. The molecule has 0 amide bonds. The molecule has 0 radical (unpaired) electrons. The van der Waals surface area contributed by atoms with E-state index >= 15 is 0 Å². The Labute approximate surface area is 343 Å². The molecule has 0 fully saturated rings. The van der Waals surface area contributed by atoms with Crippen LogP contribution in [0.2, 0.25) is 0 Å². The quantitative estimate of drug-likeness (QED) is 0.166. The molecule has 4 aliphatic rings. The molecule has 0 atom stereocenters. The van der Waals surface area contributed by atoms with Crippen LogP contribution in [0.1, 0.15) is 58.4 Å². The summed E-state index contributed by atoms with van der Waals surface area (Å²) in [6.07, 6.45) is 0. The lowest BCUT2D eigenvalue weighted by Crippen LogP contribution is -2.26. The van der Waals surface area contributed by atoms with Gasteiger partial charge in [-0.1, -0.05) is 166 Å². The first-order valence-electron chi connectivity index (χ1n) is 20.9. The molecular formula is C58H37N. The van der Waals surface area contributed by atoms with Gasteiger partial charge in [-0.15, -0.1) is 0 Å². The minimum atomic E-state index is -0.384. The van der Waals surface area contributed by atoms with Gasteiger partial charge in [0.1, 0.15) is 0 Å². The van der Waals surface area contributed by atoms with Crippen LogP contribution >= 0.6 is 0 Å². The predicted molar refractivity (Wildman–Crippen MR) is 245 cm³/mol. The molecule has 1 spiro atoms. The minimum Gasteiger partial charge on any atom is -0.309 e. The van der Waals surface area contributed by atoms with Crippen LogP contribution in [-0.2, 0) is 10.8 Å². The highest BCUT2D eigenvalue weighted by Gasteiger charge is 2.51. The molecule has 0 unspecified atom stereocenters. The number of nitrogens with zero attached hydrogens (tertiary/aromatic N) is 1. The van der Waals surface area contributed by atoms with Crippen molar-refractivity contribution in [1.29, 1.82) is 0 Å². The highest BCUT2D eigenvalue weighted by molar-refractivity contribution is 6.22. The smallest absolute Gasteiger partial charge is 0.0726 e. The zero-order valence-corrected chi connectivity index (χ0v) is 32.8. The van der Waals surface area contributed by atoms with E-state index in [0.717, 1.165) is 0 Å². The van der Waals surface area contributed by atoms with Gasteiger partial charge in [-0.3, -0.25) is 0 Å². The lowest BCUT2D eigenvalue weighted by Gasteiger charge is -2.30. The summed E-state index contributed by atoms with van der Waals surface area (Å²) in [4.78, 5) is 0. The first-order valence-corrected chi connectivity index (χ1v) is 20.9. The Morgan fingerprint density at radius 3 is 1.68 bits per heavy atom. The van der Waals surface area contributed by atoms with E-state index in [4.69, 9.17) is 0 Å². The van der Waals surface area contributed by atoms with E-state index in [1.807, 2.05) is 0 Å². The largest absolute Gasteiger partial charge is 0.309 e. The number of para-hydroxylation sites is 1. The fourth-order valence-corrected chi connectivity index (χ4v) is 12.2. The van der Waals surface area contributed by atoms with Gasteiger partial charge < -0.3 is 4.57 Å². The molecule has 1 heterocycles. The summed E-state index contributed by atoms with van der Waals surface area (Å²) in [5.41, 5.74) is 24.9. The van der Waals surface area contributed by atoms with Crippen molar-refractivity contribution >= 4 is 43.7 Å². The van der Waals surface area contributed by atoms with Crippen molar-refractivity contribution in [3.05, 3.63) is 233 Å². The van der Waals surface area contributed by atoms with Crippen LogP contribution in [0, 0.1) is 0 Å². The lowest BCUT2D eigenvalue weighted by molar-refractivity contribution is 0.705. The molecule has 0 saturated heterocycles. The molecule has 1 aromatic heterocycles. The summed E-state index contributed by atoms with van der Waals surface area (Å²) >= 11 is 0. The topological polar surface area (TPSA) is 4.93 Å². The van der Waals surface area contributed by atoms with Crippen molar-refractivity contribution in [1.82, 2.24) is 4.57 Å². The molecule has 59 heavy (non-hydrogen) atoms. The Morgan fingerprint density at radius 2 is 0.949 bits per heavy atom. The van der Waals surface area contributed by atoms with Crippen molar-refractivity contribution in [2.45, 2.75) is 24.7 Å². The molecule has 14 rings (SSSR count). The van der Waals surface area contributed by atoms with Crippen LogP contribution in [0.15, 0.2) is 188 Å². The summed E-state index contributed by atoms with van der Waals surface area (Å²) in [6, 6.07) is 71.4. The zero-order valence-electron chi connectivity index (χ0n) is 32.8. The number of allylic oxidation sites excluding steroid dienone is 1. The van der Waals surface area contributed by atoms with E-state index in [9.17, 15) is 0 Å². The van der Waals surface area contributed by atoms with Crippen LogP contribution in [0.4, 0.5) is 0 Å². The third kappa shape index (κ3) is 3.74. The van der Waals surface area contributed by atoms with Crippen molar-refractivity contribution in [2.24, 2.45) is 0 Å². The molecule has 1 nitrogen and oxygen atoms in total. The van der Waals surface area contributed by atoms with Crippen LogP contribution < -0.4 is 0 Å². The Morgan fingerprint density at radius 1 is 0.373 bits per heavy atom. The van der Waals surface area contributed by atoms with Gasteiger partial charge in [0.2, 0.25) is 0 Å². The molecule has 0 saturated carbocycles. The van der Waals surface area contributed by atoms with E-state index < -0.39 is 0 Å². The highest BCUT2D eigenvalue weighted by atomic mass is 15.0. The zero-order chi connectivity index (χ0) is 38.8. The van der Waals surface area contributed by atoms with Crippen LogP contribution in [0.25, 0.3) is 82.8 Å². The van der Waals surface area contributed by atoms with Gasteiger partial charge >= 0.3 is 0 Å². The van der Waals surface area contributed by atoms with Crippen molar-refractivity contribution in [3.63, 3.8) is 0 Å². The van der Waals surface area contributed by atoms with E-state index in [0.29, 0.717) is 0 Å². The summed E-state index contributed by atoms with van der Waals surface area (Å²) in [6.45, 7) is 4.81. The molecule has 0 aliphatic heterocycles. The number of benzene rings is 9. The predicted octanol–water partition coefficient (Wildman–Crippen LogP) is 14.5. The van der Waals surface area contributed by atoms with E-state index in [1.54, 1.807) is 0 Å². The van der Waals surface area contributed by atoms with E-state index in [1.165, 1.54) is 127 Å². The van der Waals surface area contributed by atoms with Gasteiger partial charge in [-0.2, -0.15) is 0 Å². The summed E-state index contributed by atoms with van der Waals surface area (Å²) in [5, 5.41) is 5.27. The first-order chi connectivity index (χ1) is 29.0. The van der Waals surface area contributed by atoms with Gasteiger partial charge in [0.05, 0.1) is 16.4 Å². The Bertz CT molecular complexity index is 3520. The molecule has 0 N–H and O–H groups in total. The van der Waals surface area contributed by atoms with Gasteiger partial charge in [0, 0.05) is 21.9 Å². The van der Waals surface area contributed by atoms with Crippen molar-refractivity contribution in [3.8, 4) is 39.1 Å². The second-order valence-electron chi connectivity index (χ2n) is 17.5. The van der Waals surface area contributed by atoms with Gasteiger partial charge in [0.15, 0.2) is 0 Å². The number of fused-ring (bicyclic) bond motifs is 17. The molecule has 10 aromatic rings. The normalized spacial score (nSPS) is 15.5. The maximum absolute atomic E-state index is 2.50. The monoisotopic (exact) mass is 747 g/mol. The molecule has 0 bridgehead atoms. The van der Waals surface area contributed by atoms with Gasteiger partial charge in [-0.25, -0.2) is 0 Å². The SMILES string of the molecule is CC1(C)C2=C(c3cc(-c4ccc5c(c4)c4ccccc4n5-c4ccc5c(c4)C4(c6ccccc6-c6ccccc64)c4ccccc4-5)ccc31)c1cccc3cccc2c13. The standard InChI is InChI=1S/C58H37N/c1-57(2)47-29-25-35(32-46(47)55-43-19-11-13-34-14-12-20-44(54(34)43)56(55)57)36-26-30-53-45(31-36)42-18-6-10-24-52(42)59(53)37-27-28-41-40-17-5-9-23-50(40)58(51(41)33-37)48-21-7-3-15-38(48)39-16-4-8-22-49(39)58/h3-33H,1-2H3. The third-order valence-corrected chi connectivity index (χ3v) is 14.5. The van der Waals surface area contributed by atoms with Crippen molar-refractivity contribution < 1.29 is 0 Å². The van der Waals surface area contributed by atoms with Gasteiger partial charge in [0.25, 0.3) is 0 Å².